The van der Waals surface area contributed by atoms with Crippen LogP contribution < -0.4 is 0 Å². The molecule has 0 aliphatic carbocycles. The highest BCUT2D eigenvalue weighted by Crippen LogP contribution is 2.18. The minimum Gasteiger partial charge on any atom is -0.396 e. The molecule has 5 heteroatoms. The molecule has 176 valence electrons. The molecule has 0 aromatic carbocycles. The average Bonchev–Trinajstić information content (AvgIpc) is 2.68. The molecular formula is C24H50O4S. The summed E-state index contributed by atoms with van der Waals surface area (Å²) < 4.78 is 31.9. The SMILES string of the molecule is CCCCCCCCCCCCCCCCCCCCC(CCCO)S(=O)(=O)O. The monoisotopic (exact) mass is 434 g/mol. The summed E-state index contributed by atoms with van der Waals surface area (Å²) in [6.07, 6.45) is 25.0. The third-order valence-electron chi connectivity index (χ3n) is 5.99. The van der Waals surface area contributed by atoms with Gasteiger partial charge in [0.2, 0.25) is 0 Å². The van der Waals surface area contributed by atoms with Gasteiger partial charge in [-0.2, -0.15) is 8.42 Å². The van der Waals surface area contributed by atoms with E-state index in [0.717, 1.165) is 19.3 Å². The van der Waals surface area contributed by atoms with Gasteiger partial charge in [0.1, 0.15) is 0 Å². The number of rotatable bonds is 23. The van der Waals surface area contributed by atoms with Crippen LogP contribution in [0.15, 0.2) is 0 Å². The van der Waals surface area contributed by atoms with Crippen LogP contribution in [-0.2, 0) is 10.1 Å². The van der Waals surface area contributed by atoms with Crippen LogP contribution in [0.25, 0.3) is 0 Å². The first-order valence-electron chi connectivity index (χ1n) is 12.6. The van der Waals surface area contributed by atoms with E-state index in [9.17, 15) is 13.0 Å². The van der Waals surface area contributed by atoms with Crippen LogP contribution in [0.5, 0.6) is 0 Å². The van der Waals surface area contributed by atoms with E-state index in [1.807, 2.05) is 0 Å². The molecule has 0 heterocycles. The topological polar surface area (TPSA) is 74.6 Å². The summed E-state index contributed by atoms with van der Waals surface area (Å²) in [6, 6.07) is 0. The molecular weight excluding hydrogens is 384 g/mol. The second kappa shape index (κ2) is 21.1. The van der Waals surface area contributed by atoms with Crippen LogP contribution in [0, 0.1) is 0 Å². The van der Waals surface area contributed by atoms with E-state index in [1.165, 1.54) is 96.3 Å². The highest BCUT2D eigenvalue weighted by Gasteiger charge is 2.21. The minimum atomic E-state index is -3.97. The van der Waals surface area contributed by atoms with Crippen molar-refractivity contribution in [3.8, 4) is 0 Å². The summed E-state index contributed by atoms with van der Waals surface area (Å²) in [5.74, 6) is 0. The van der Waals surface area contributed by atoms with Gasteiger partial charge in [-0.15, -0.1) is 0 Å². The van der Waals surface area contributed by atoms with Crippen molar-refractivity contribution in [1.29, 1.82) is 0 Å². The van der Waals surface area contributed by atoms with Crippen molar-refractivity contribution in [1.82, 2.24) is 0 Å². The molecule has 0 saturated heterocycles. The maximum absolute atomic E-state index is 11.3. The first-order chi connectivity index (χ1) is 14.0. The molecule has 1 atom stereocenters. The Hall–Kier alpha value is -0.130. The van der Waals surface area contributed by atoms with Crippen molar-refractivity contribution in [2.24, 2.45) is 0 Å². The van der Waals surface area contributed by atoms with Crippen molar-refractivity contribution in [3.05, 3.63) is 0 Å². The van der Waals surface area contributed by atoms with Gasteiger partial charge in [-0.1, -0.05) is 122 Å². The Morgan fingerprint density at radius 3 is 1.17 bits per heavy atom. The second-order valence-corrected chi connectivity index (χ2v) is 10.5. The third kappa shape index (κ3) is 20.9. The van der Waals surface area contributed by atoms with Crippen LogP contribution >= 0.6 is 0 Å². The predicted molar refractivity (Wildman–Crippen MR) is 125 cm³/mol. The van der Waals surface area contributed by atoms with Crippen LogP contribution in [0.1, 0.15) is 142 Å². The Kier molecular flexibility index (Phi) is 21.0. The van der Waals surface area contributed by atoms with Gasteiger partial charge < -0.3 is 5.11 Å². The molecule has 0 saturated carbocycles. The van der Waals surface area contributed by atoms with Gasteiger partial charge in [0.15, 0.2) is 0 Å². The lowest BCUT2D eigenvalue weighted by Crippen LogP contribution is -2.20. The molecule has 0 aromatic rings. The van der Waals surface area contributed by atoms with Crippen LogP contribution in [0.4, 0.5) is 0 Å². The molecule has 2 N–H and O–H groups in total. The molecule has 0 aliphatic rings. The molecule has 0 fully saturated rings. The Morgan fingerprint density at radius 2 is 0.862 bits per heavy atom. The zero-order valence-electron chi connectivity index (χ0n) is 19.3. The maximum atomic E-state index is 11.3. The molecule has 29 heavy (non-hydrogen) atoms. The summed E-state index contributed by atoms with van der Waals surface area (Å²) >= 11 is 0. The minimum absolute atomic E-state index is 0.0227. The van der Waals surface area contributed by atoms with Crippen molar-refractivity contribution in [2.75, 3.05) is 6.61 Å². The van der Waals surface area contributed by atoms with E-state index in [-0.39, 0.29) is 6.61 Å². The van der Waals surface area contributed by atoms with Crippen molar-refractivity contribution in [2.45, 2.75) is 147 Å². The molecule has 0 radical (unpaired) electrons. The van der Waals surface area contributed by atoms with Gasteiger partial charge in [-0.3, -0.25) is 4.55 Å². The Labute approximate surface area is 182 Å². The molecule has 0 spiro atoms. The smallest absolute Gasteiger partial charge is 0.267 e. The average molecular weight is 435 g/mol. The number of hydrogen-bond donors (Lipinski definition) is 2. The zero-order valence-corrected chi connectivity index (χ0v) is 20.1. The number of unbranched alkanes of at least 4 members (excludes halogenated alkanes) is 17. The van der Waals surface area contributed by atoms with E-state index in [2.05, 4.69) is 6.92 Å². The van der Waals surface area contributed by atoms with Gasteiger partial charge in [0.05, 0.1) is 5.25 Å². The Morgan fingerprint density at radius 1 is 0.552 bits per heavy atom. The molecule has 4 nitrogen and oxygen atoms in total. The van der Waals surface area contributed by atoms with Crippen molar-refractivity contribution >= 4 is 10.1 Å². The quantitative estimate of drug-likeness (QED) is 0.129. The zero-order chi connectivity index (χ0) is 21.6. The highest BCUT2D eigenvalue weighted by atomic mass is 32.2. The lowest BCUT2D eigenvalue weighted by atomic mass is 10.0. The normalized spacial score (nSPS) is 13.1. The van der Waals surface area contributed by atoms with Crippen LogP contribution in [-0.4, -0.2) is 29.9 Å². The van der Waals surface area contributed by atoms with E-state index >= 15 is 0 Å². The van der Waals surface area contributed by atoms with Gasteiger partial charge in [0, 0.05) is 6.61 Å². The highest BCUT2D eigenvalue weighted by molar-refractivity contribution is 7.86. The lowest BCUT2D eigenvalue weighted by molar-refractivity contribution is 0.281. The number of aliphatic hydroxyl groups is 1. The number of aliphatic hydroxyl groups excluding tert-OH is 1. The summed E-state index contributed by atoms with van der Waals surface area (Å²) in [5, 5.41) is 8.13. The largest absolute Gasteiger partial charge is 0.396 e. The maximum Gasteiger partial charge on any atom is 0.267 e. The summed E-state index contributed by atoms with van der Waals surface area (Å²) in [4.78, 5) is 0. The molecule has 0 amide bonds. The van der Waals surface area contributed by atoms with Crippen molar-refractivity contribution in [3.63, 3.8) is 0 Å². The fourth-order valence-corrected chi connectivity index (χ4v) is 4.96. The fraction of sp³-hybridized carbons (Fsp3) is 1.00. The van der Waals surface area contributed by atoms with Crippen LogP contribution in [0.3, 0.4) is 0 Å². The lowest BCUT2D eigenvalue weighted by Gasteiger charge is -2.12. The standard InChI is InChI=1S/C24H50O4S/c1-2-3-4-5-6-7-8-9-10-11-12-13-14-15-16-17-18-19-21-24(22-20-23-25)29(26,27)28/h24-25H,2-23H2,1H3,(H,26,27,28). The summed E-state index contributed by atoms with van der Waals surface area (Å²) in [5.41, 5.74) is 0. The first kappa shape index (κ1) is 28.9. The van der Waals surface area contributed by atoms with E-state index in [1.54, 1.807) is 0 Å². The van der Waals surface area contributed by atoms with Gasteiger partial charge in [-0.05, 0) is 19.3 Å². The van der Waals surface area contributed by atoms with Crippen molar-refractivity contribution < 1.29 is 18.1 Å². The van der Waals surface area contributed by atoms with Crippen LogP contribution in [0.2, 0.25) is 0 Å². The third-order valence-corrected chi connectivity index (χ3v) is 7.30. The second-order valence-electron chi connectivity index (χ2n) is 8.80. The van der Waals surface area contributed by atoms with E-state index in [4.69, 9.17) is 5.11 Å². The van der Waals surface area contributed by atoms with E-state index < -0.39 is 15.4 Å². The molecule has 1 unspecified atom stereocenters. The van der Waals surface area contributed by atoms with Gasteiger partial charge in [-0.25, -0.2) is 0 Å². The molecule has 0 aromatic heterocycles. The predicted octanol–water partition coefficient (Wildman–Crippen LogP) is 7.45. The Bertz CT molecular complexity index is 423. The fourth-order valence-electron chi connectivity index (χ4n) is 4.03. The van der Waals surface area contributed by atoms with Gasteiger partial charge >= 0.3 is 0 Å². The summed E-state index contributed by atoms with van der Waals surface area (Å²) in [7, 11) is -3.97. The first-order valence-corrected chi connectivity index (χ1v) is 14.1. The summed E-state index contributed by atoms with van der Waals surface area (Å²) in [6.45, 7) is 2.25. The molecule has 0 bridgehead atoms. The number of hydrogen-bond acceptors (Lipinski definition) is 3. The Balaban J connectivity index is 3.31. The van der Waals surface area contributed by atoms with Gasteiger partial charge in [0.25, 0.3) is 10.1 Å². The van der Waals surface area contributed by atoms with E-state index in [0.29, 0.717) is 19.3 Å². The molecule has 0 aliphatic heterocycles. The molecule has 0 rings (SSSR count).